The summed E-state index contributed by atoms with van der Waals surface area (Å²) in [7, 11) is 1.38. The van der Waals surface area contributed by atoms with E-state index in [1.807, 2.05) is 0 Å². The van der Waals surface area contributed by atoms with Crippen molar-refractivity contribution in [2.75, 3.05) is 7.11 Å². The van der Waals surface area contributed by atoms with E-state index in [1.165, 1.54) is 18.0 Å². The van der Waals surface area contributed by atoms with E-state index in [1.54, 1.807) is 0 Å². The summed E-state index contributed by atoms with van der Waals surface area (Å²) in [6.07, 6.45) is -3.18. The van der Waals surface area contributed by atoms with Crippen LogP contribution in [0.1, 0.15) is 18.0 Å². The monoisotopic (exact) mass is 201 g/mol. The summed E-state index contributed by atoms with van der Waals surface area (Å²) in [6.45, 7) is 0. The molecule has 0 aliphatic carbocycles. The largest absolute Gasteiger partial charge is 0.387 e. The number of nitrogens with zero attached hydrogens (tertiary/aromatic N) is 3. The lowest BCUT2D eigenvalue weighted by Gasteiger charge is -2.34. The molecule has 0 saturated carbocycles. The number of aliphatic hydroxyl groups excluding tert-OH is 3. The van der Waals surface area contributed by atoms with Crippen LogP contribution in [-0.4, -0.2) is 49.6 Å². The van der Waals surface area contributed by atoms with Crippen LogP contribution in [0.5, 0.6) is 0 Å². The zero-order valence-electron chi connectivity index (χ0n) is 7.48. The van der Waals surface area contributed by atoms with Gasteiger partial charge in [0.25, 0.3) is 0 Å². The lowest BCUT2D eigenvalue weighted by Crippen LogP contribution is -2.45. The van der Waals surface area contributed by atoms with Crippen LogP contribution in [0, 0.1) is 0 Å². The summed E-state index contributed by atoms with van der Waals surface area (Å²) < 4.78 is 6.20. The first-order valence-corrected chi connectivity index (χ1v) is 4.14. The van der Waals surface area contributed by atoms with Gasteiger partial charge in [0.1, 0.15) is 18.3 Å². The molecule has 0 fully saturated rings. The molecule has 0 aromatic carbocycles. The van der Waals surface area contributed by atoms with Gasteiger partial charge in [0.2, 0.25) is 0 Å². The first kappa shape index (κ1) is 9.53. The molecule has 0 amide bonds. The van der Waals surface area contributed by atoms with Crippen molar-refractivity contribution in [3.8, 4) is 0 Å². The maximum atomic E-state index is 9.55. The van der Waals surface area contributed by atoms with Crippen molar-refractivity contribution >= 4 is 0 Å². The highest BCUT2D eigenvalue weighted by Crippen LogP contribution is 2.31. The molecule has 0 bridgehead atoms. The third kappa shape index (κ3) is 1.14. The molecule has 7 nitrogen and oxygen atoms in total. The molecule has 3 N–H and O–H groups in total. The van der Waals surface area contributed by atoms with Crippen LogP contribution in [0.4, 0.5) is 0 Å². The number of ether oxygens (including phenoxy) is 1. The van der Waals surface area contributed by atoms with E-state index in [0.29, 0.717) is 5.69 Å². The fourth-order valence-electron chi connectivity index (χ4n) is 1.58. The van der Waals surface area contributed by atoms with E-state index in [0.717, 1.165) is 0 Å². The Morgan fingerprint density at radius 1 is 1.36 bits per heavy atom. The van der Waals surface area contributed by atoms with Gasteiger partial charge in [-0.15, -0.1) is 5.10 Å². The fraction of sp³-hybridized carbons (Fsp3) is 0.714. The third-order valence-corrected chi connectivity index (χ3v) is 2.35. The second-order valence-electron chi connectivity index (χ2n) is 3.16. The van der Waals surface area contributed by atoms with Gasteiger partial charge in [0.15, 0.2) is 6.23 Å². The molecule has 4 atom stereocenters. The molecule has 1 aromatic rings. The first-order chi connectivity index (χ1) is 6.66. The van der Waals surface area contributed by atoms with Gasteiger partial charge in [-0.05, 0) is 0 Å². The van der Waals surface area contributed by atoms with Gasteiger partial charge in [0.05, 0.1) is 11.9 Å². The average Bonchev–Trinajstić information content (AvgIpc) is 2.64. The average molecular weight is 201 g/mol. The summed E-state index contributed by atoms with van der Waals surface area (Å²) in [5, 5.41) is 35.8. The SMILES string of the molecule is CO[C@@H]1[C@H](O)[C@@H](O)[C@@H](O)c2cnnn21. The van der Waals surface area contributed by atoms with Crippen molar-refractivity contribution in [2.24, 2.45) is 0 Å². The van der Waals surface area contributed by atoms with Gasteiger partial charge < -0.3 is 20.1 Å². The summed E-state index contributed by atoms with van der Waals surface area (Å²) in [6, 6.07) is 0. The zero-order chi connectivity index (χ0) is 10.3. The Bertz CT molecular complexity index is 328. The predicted octanol–water partition coefficient (Wildman–Crippen LogP) is -1.81. The van der Waals surface area contributed by atoms with Gasteiger partial charge in [-0.2, -0.15) is 0 Å². The Morgan fingerprint density at radius 2 is 2.07 bits per heavy atom. The molecule has 0 unspecified atom stereocenters. The van der Waals surface area contributed by atoms with Crippen molar-refractivity contribution < 1.29 is 20.1 Å². The van der Waals surface area contributed by atoms with Crippen molar-refractivity contribution in [1.82, 2.24) is 15.0 Å². The molecule has 1 aliphatic rings. The minimum atomic E-state index is -1.29. The number of methoxy groups -OCH3 is 1. The van der Waals surface area contributed by atoms with E-state index in [2.05, 4.69) is 10.3 Å². The van der Waals surface area contributed by atoms with E-state index >= 15 is 0 Å². The fourth-order valence-corrected chi connectivity index (χ4v) is 1.58. The normalized spacial score (nSPS) is 36.9. The highest BCUT2D eigenvalue weighted by Gasteiger charge is 2.41. The minimum absolute atomic E-state index is 0.328. The molecule has 0 radical (unpaired) electrons. The van der Waals surface area contributed by atoms with Gasteiger partial charge in [-0.3, -0.25) is 0 Å². The van der Waals surface area contributed by atoms with Crippen LogP contribution < -0.4 is 0 Å². The highest BCUT2D eigenvalue weighted by molar-refractivity contribution is 5.08. The Labute approximate surface area is 79.5 Å². The maximum Gasteiger partial charge on any atom is 0.180 e. The highest BCUT2D eigenvalue weighted by atomic mass is 16.5. The van der Waals surface area contributed by atoms with Crippen LogP contribution in [0.25, 0.3) is 0 Å². The van der Waals surface area contributed by atoms with Crippen molar-refractivity contribution in [3.63, 3.8) is 0 Å². The van der Waals surface area contributed by atoms with Crippen molar-refractivity contribution in [1.29, 1.82) is 0 Å². The molecule has 14 heavy (non-hydrogen) atoms. The molecule has 2 rings (SSSR count). The van der Waals surface area contributed by atoms with E-state index in [9.17, 15) is 15.3 Å². The van der Waals surface area contributed by atoms with E-state index < -0.39 is 24.5 Å². The number of aliphatic hydroxyl groups is 3. The molecule has 1 aliphatic heterocycles. The predicted molar refractivity (Wildman–Crippen MR) is 43.0 cm³/mol. The molecular weight excluding hydrogens is 190 g/mol. The summed E-state index contributed by atoms with van der Waals surface area (Å²) in [5.41, 5.74) is 0.328. The molecular formula is C7H11N3O4. The van der Waals surface area contributed by atoms with Crippen LogP contribution in [0.2, 0.25) is 0 Å². The Balaban J connectivity index is 2.44. The van der Waals surface area contributed by atoms with Crippen LogP contribution >= 0.6 is 0 Å². The number of rotatable bonds is 1. The van der Waals surface area contributed by atoms with Crippen molar-refractivity contribution in [2.45, 2.75) is 24.5 Å². The molecule has 2 heterocycles. The minimum Gasteiger partial charge on any atom is -0.387 e. The number of hydrogen-bond donors (Lipinski definition) is 3. The molecule has 0 saturated heterocycles. The smallest absolute Gasteiger partial charge is 0.180 e. The van der Waals surface area contributed by atoms with E-state index in [4.69, 9.17) is 4.74 Å². The van der Waals surface area contributed by atoms with Crippen LogP contribution in [0.15, 0.2) is 6.20 Å². The van der Waals surface area contributed by atoms with Crippen LogP contribution in [-0.2, 0) is 4.74 Å². The Morgan fingerprint density at radius 3 is 2.71 bits per heavy atom. The van der Waals surface area contributed by atoms with Crippen molar-refractivity contribution in [3.05, 3.63) is 11.9 Å². The topological polar surface area (TPSA) is 101 Å². The molecule has 78 valence electrons. The van der Waals surface area contributed by atoms with Crippen LogP contribution in [0.3, 0.4) is 0 Å². The lowest BCUT2D eigenvalue weighted by atomic mass is 10.0. The summed E-state index contributed by atoms with van der Waals surface area (Å²) >= 11 is 0. The van der Waals surface area contributed by atoms with E-state index in [-0.39, 0.29) is 0 Å². The quantitative estimate of drug-likeness (QED) is 0.495. The van der Waals surface area contributed by atoms with Gasteiger partial charge >= 0.3 is 0 Å². The molecule has 0 spiro atoms. The third-order valence-electron chi connectivity index (χ3n) is 2.35. The van der Waals surface area contributed by atoms with Gasteiger partial charge in [0, 0.05) is 7.11 Å². The van der Waals surface area contributed by atoms with Gasteiger partial charge in [-0.1, -0.05) is 5.21 Å². The Kier molecular flexibility index (Phi) is 2.23. The number of hydrogen-bond acceptors (Lipinski definition) is 6. The standard InChI is InChI=1S/C7H11N3O4/c1-14-7-6(13)5(12)4(11)3-2-8-9-10(3)7/h2,4-7,11-13H,1H3/t4-,5-,6+,7+/m0/s1. The summed E-state index contributed by atoms with van der Waals surface area (Å²) in [4.78, 5) is 0. The maximum absolute atomic E-state index is 9.55. The second kappa shape index (κ2) is 3.28. The molecule has 7 heteroatoms. The summed E-state index contributed by atoms with van der Waals surface area (Å²) in [5.74, 6) is 0. The van der Waals surface area contributed by atoms with Gasteiger partial charge in [-0.25, -0.2) is 4.68 Å². The lowest BCUT2D eigenvalue weighted by molar-refractivity contribution is -0.166. The second-order valence-corrected chi connectivity index (χ2v) is 3.16. The zero-order valence-corrected chi connectivity index (χ0v) is 7.48. The first-order valence-electron chi connectivity index (χ1n) is 4.14. The number of fused-ring (bicyclic) bond motifs is 1. The number of aromatic nitrogens is 3. The molecule has 1 aromatic heterocycles. The Hall–Kier alpha value is -1.02.